The van der Waals surface area contributed by atoms with Gasteiger partial charge in [0.15, 0.2) is 5.78 Å². The van der Waals surface area contributed by atoms with E-state index in [0.29, 0.717) is 0 Å². The lowest BCUT2D eigenvalue weighted by Crippen LogP contribution is -2.26. The second-order valence-electron chi connectivity index (χ2n) is 3.44. The molecule has 0 radical (unpaired) electrons. The third kappa shape index (κ3) is 3.27. The summed E-state index contributed by atoms with van der Waals surface area (Å²) in [5.41, 5.74) is 0.942. The fourth-order valence-electron chi connectivity index (χ4n) is 1.38. The minimum absolute atomic E-state index is 0.0987. The Balaban J connectivity index is 2.67. The molecule has 0 saturated carbocycles. The summed E-state index contributed by atoms with van der Waals surface area (Å²) in [5.74, 6) is 0.977. The van der Waals surface area contributed by atoms with Gasteiger partial charge in [0, 0.05) is 5.69 Å². The van der Waals surface area contributed by atoms with E-state index in [0.717, 1.165) is 17.9 Å². The number of hydrogen-bond donors (Lipinski definition) is 1. The summed E-state index contributed by atoms with van der Waals surface area (Å²) >= 11 is 0. The van der Waals surface area contributed by atoms with Crippen LogP contribution in [0.25, 0.3) is 0 Å². The Morgan fingerprint density at radius 3 is 2.40 bits per heavy atom. The van der Waals surface area contributed by atoms with Crippen LogP contribution in [0.2, 0.25) is 0 Å². The Morgan fingerprint density at radius 2 is 2.00 bits per heavy atom. The number of rotatable bonds is 5. The van der Waals surface area contributed by atoms with Crippen molar-refractivity contribution in [3.8, 4) is 5.75 Å². The molecular weight excluding hydrogens is 190 g/mol. The van der Waals surface area contributed by atoms with Crippen LogP contribution >= 0.6 is 0 Å². The molecule has 0 heterocycles. The smallest absolute Gasteiger partial charge is 0.151 e. The van der Waals surface area contributed by atoms with Gasteiger partial charge in [-0.25, -0.2) is 0 Å². The molecule has 82 valence electrons. The molecule has 1 N–H and O–H groups in total. The van der Waals surface area contributed by atoms with Gasteiger partial charge in [-0.3, -0.25) is 4.79 Å². The van der Waals surface area contributed by atoms with E-state index in [9.17, 15) is 4.79 Å². The molecule has 3 heteroatoms. The zero-order chi connectivity index (χ0) is 11.3. The number of methoxy groups -OCH3 is 1. The van der Waals surface area contributed by atoms with Crippen LogP contribution in [-0.4, -0.2) is 18.9 Å². The van der Waals surface area contributed by atoms with Crippen molar-refractivity contribution in [2.45, 2.75) is 26.3 Å². The zero-order valence-corrected chi connectivity index (χ0v) is 9.41. The molecule has 0 unspecified atom stereocenters. The van der Waals surface area contributed by atoms with E-state index in [2.05, 4.69) is 5.32 Å². The van der Waals surface area contributed by atoms with Gasteiger partial charge in [0.05, 0.1) is 13.2 Å². The van der Waals surface area contributed by atoms with Crippen molar-refractivity contribution in [2.24, 2.45) is 0 Å². The lowest BCUT2D eigenvalue weighted by Gasteiger charge is -2.15. The predicted molar refractivity (Wildman–Crippen MR) is 61.4 cm³/mol. The zero-order valence-electron chi connectivity index (χ0n) is 9.41. The summed E-state index contributed by atoms with van der Waals surface area (Å²) in [4.78, 5) is 11.2. The highest BCUT2D eigenvalue weighted by Crippen LogP contribution is 2.16. The Labute approximate surface area is 90.4 Å². The van der Waals surface area contributed by atoms with Gasteiger partial charge in [0.25, 0.3) is 0 Å². The van der Waals surface area contributed by atoms with Crippen LogP contribution in [0.4, 0.5) is 5.69 Å². The summed E-state index contributed by atoms with van der Waals surface area (Å²) in [5, 5.41) is 3.17. The molecule has 0 fully saturated rings. The molecule has 0 bridgehead atoms. The van der Waals surface area contributed by atoms with Crippen LogP contribution in [0, 0.1) is 0 Å². The fourth-order valence-corrected chi connectivity index (χ4v) is 1.38. The molecule has 0 aliphatic rings. The lowest BCUT2D eigenvalue weighted by molar-refractivity contribution is -0.117. The van der Waals surface area contributed by atoms with Crippen LogP contribution in [0.15, 0.2) is 24.3 Å². The molecule has 0 aliphatic carbocycles. The molecule has 3 nitrogen and oxygen atoms in total. The average molecular weight is 207 g/mol. The van der Waals surface area contributed by atoms with E-state index in [1.54, 1.807) is 14.0 Å². The average Bonchev–Trinajstić information content (AvgIpc) is 2.26. The summed E-state index contributed by atoms with van der Waals surface area (Å²) < 4.78 is 5.05. The fraction of sp³-hybridized carbons (Fsp3) is 0.417. The maximum atomic E-state index is 11.2. The molecular formula is C12H17NO2. The molecule has 1 aromatic carbocycles. The first-order valence-corrected chi connectivity index (χ1v) is 5.08. The highest BCUT2D eigenvalue weighted by molar-refractivity contribution is 5.84. The van der Waals surface area contributed by atoms with Gasteiger partial charge in [-0.05, 0) is 37.6 Å². The molecule has 0 saturated heterocycles. The van der Waals surface area contributed by atoms with E-state index < -0.39 is 0 Å². The summed E-state index contributed by atoms with van der Waals surface area (Å²) in [6, 6.07) is 7.46. The number of nitrogens with one attached hydrogen (secondary N) is 1. The van der Waals surface area contributed by atoms with Crippen molar-refractivity contribution in [1.82, 2.24) is 0 Å². The minimum atomic E-state index is -0.0987. The van der Waals surface area contributed by atoms with Crippen LogP contribution in [0.5, 0.6) is 5.75 Å². The maximum Gasteiger partial charge on any atom is 0.151 e. The van der Waals surface area contributed by atoms with Crippen molar-refractivity contribution < 1.29 is 9.53 Å². The summed E-state index contributed by atoms with van der Waals surface area (Å²) in [7, 11) is 1.63. The van der Waals surface area contributed by atoms with Crippen molar-refractivity contribution in [3.63, 3.8) is 0 Å². The Bertz CT molecular complexity index is 319. The molecule has 1 rings (SSSR count). The van der Waals surface area contributed by atoms with E-state index in [1.165, 1.54) is 0 Å². The normalized spacial score (nSPS) is 11.9. The van der Waals surface area contributed by atoms with Crippen LogP contribution in [0.1, 0.15) is 20.3 Å². The number of ether oxygens (including phenoxy) is 1. The number of carbonyl (C=O) groups is 1. The van der Waals surface area contributed by atoms with E-state index >= 15 is 0 Å². The number of carbonyl (C=O) groups excluding carboxylic acids is 1. The maximum absolute atomic E-state index is 11.2. The third-order valence-electron chi connectivity index (χ3n) is 2.33. The molecule has 15 heavy (non-hydrogen) atoms. The quantitative estimate of drug-likeness (QED) is 0.806. The van der Waals surface area contributed by atoms with Gasteiger partial charge >= 0.3 is 0 Å². The van der Waals surface area contributed by atoms with Gasteiger partial charge < -0.3 is 10.1 Å². The van der Waals surface area contributed by atoms with E-state index in [1.807, 2.05) is 31.2 Å². The van der Waals surface area contributed by atoms with Crippen LogP contribution in [-0.2, 0) is 4.79 Å². The predicted octanol–water partition coefficient (Wildman–Crippen LogP) is 2.47. The van der Waals surface area contributed by atoms with Crippen molar-refractivity contribution in [1.29, 1.82) is 0 Å². The monoisotopic (exact) mass is 207 g/mol. The first-order chi connectivity index (χ1) is 7.17. The third-order valence-corrected chi connectivity index (χ3v) is 2.33. The summed E-state index contributed by atoms with van der Waals surface area (Å²) in [6.45, 7) is 3.59. The first kappa shape index (κ1) is 11.6. The van der Waals surface area contributed by atoms with Crippen LogP contribution in [0.3, 0.4) is 0 Å². The molecule has 1 atom stereocenters. The Kier molecular flexibility index (Phi) is 4.16. The number of Topliss-reactive ketones (excluding diaryl/α,β-unsaturated/α-hetero) is 1. The SMILES string of the molecule is CC[C@H](Nc1ccc(OC)cc1)C(C)=O. The molecule has 0 aromatic heterocycles. The summed E-state index contributed by atoms with van der Waals surface area (Å²) in [6.07, 6.45) is 0.793. The second kappa shape index (κ2) is 5.39. The minimum Gasteiger partial charge on any atom is -0.497 e. The molecule has 1 aromatic rings. The highest BCUT2D eigenvalue weighted by atomic mass is 16.5. The van der Waals surface area contributed by atoms with E-state index in [-0.39, 0.29) is 11.8 Å². The Morgan fingerprint density at radius 1 is 1.40 bits per heavy atom. The van der Waals surface area contributed by atoms with Gasteiger partial charge in [-0.1, -0.05) is 6.92 Å². The largest absolute Gasteiger partial charge is 0.497 e. The van der Waals surface area contributed by atoms with E-state index in [4.69, 9.17) is 4.74 Å². The second-order valence-corrected chi connectivity index (χ2v) is 3.44. The van der Waals surface area contributed by atoms with Gasteiger partial charge in [0.2, 0.25) is 0 Å². The number of hydrogen-bond acceptors (Lipinski definition) is 3. The lowest BCUT2D eigenvalue weighted by atomic mass is 10.1. The molecule has 0 spiro atoms. The highest BCUT2D eigenvalue weighted by Gasteiger charge is 2.10. The number of benzene rings is 1. The van der Waals surface area contributed by atoms with Gasteiger partial charge in [-0.15, -0.1) is 0 Å². The van der Waals surface area contributed by atoms with Gasteiger partial charge in [-0.2, -0.15) is 0 Å². The van der Waals surface area contributed by atoms with Gasteiger partial charge in [0.1, 0.15) is 5.75 Å². The van der Waals surface area contributed by atoms with Crippen molar-refractivity contribution in [2.75, 3.05) is 12.4 Å². The van der Waals surface area contributed by atoms with Crippen molar-refractivity contribution in [3.05, 3.63) is 24.3 Å². The van der Waals surface area contributed by atoms with Crippen LogP contribution < -0.4 is 10.1 Å². The molecule has 0 aliphatic heterocycles. The Hall–Kier alpha value is -1.51. The molecule has 0 amide bonds. The number of anilines is 1. The van der Waals surface area contributed by atoms with Crippen molar-refractivity contribution >= 4 is 11.5 Å². The standard InChI is InChI=1S/C12H17NO2/c1-4-12(9(2)14)13-10-5-7-11(15-3)8-6-10/h5-8,12-13H,4H2,1-3H3/t12-/m0/s1. The first-order valence-electron chi connectivity index (χ1n) is 5.08. The number of ketones is 1. The topological polar surface area (TPSA) is 38.3 Å².